The molecule has 0 bridgehead atoms. The van der Waals surface area contributed by atoms with E-state index >= 15 is 0 Å². The van der Waals surface area contributed by atoms with E-state index in [4.69, 9.17) is 9.84 Å². The van der Waals surface area contributed by atoms with Crippen molar-refractivity contribution >= 4 is 22.0 Å². The molecule has 1 heterocycles. The first-order chi connectivity index (χ1) is 7.87. The first kappa shape index (κ1) is 12.2. The number of hydrogen-bond acceptors (Lipinski definition) is 2. The summed E-state index contributed by atoms with van der Waals surface area (Å²) >= 11 is 3.39. The molecule has 0 aliphatic carbocycles. The number of carbonyl (C=O) groups is 1. The molecular weight excluding hydrogens is 286 g/mol. The lowest BCUT2D eigenvalue weighted by atomic mass is 10.1. The highest BCUT2D eigenvalue weighted by Gasteiger charge is 2.31. The Morgan fingerprint density at radius 2 is 2.24 bits per heavy atom. The molecule has 0 saturated heterocycles. The molecule has 2 rings (SSSR count). The summed E-state index contributed by atoms with van der Waals surface area (Å²) in [6.45, 7) is 4.49. The Morgan fingerprint density at radius 1 is 1.53 bits per heavy atom. The highest BCUT2D eigenvalue weighted by atomic mass is 79.9. The highest BCUT2D eigenvalue weighted by molar-refractivity contribution is 9.10. The Balaban J connectivity index is 2.42. The molecule has 0 unspecified atom stereocenters. The molecule has 17 heavy (non-hydrogen) atoms. The monoisotopic (exact) mass is 299 g/mol. The number of hydrogen-bond donors (Lipinski definition) is 1. The van der Waals surface area contributed by atoms with Gasteiger partial charge in [-0.3, -0.25) is 4.90 Å². The van der Waals surface area contributed by atoms with Crippen molar-refractivity contribution in [3.8, 4) is 5.75 Å². The van der Waals surface area contributed by atoms with Crippen molar-refractivity contribution in [2.75, 3.05) is 6.54 Å². The minimum Gasteiger partial charge on any atom is -0.486 e. The second-order valence-electron chi connectivity index (χ2n) is 4.75. The zero-order valence-electron chi connectivity index (χ0n) is 9.74. The van der Waals surface area contributed by atoms with Gasteiger partial charge in [-0.2, -0.15) is 0 Å². The number of benzene rings is 1. The van der Waals surface area contributed by atoms with Crippen molar-refractivity contribution in [1.29, 1.82) is 0 Å². The smallest absolute Gasteiger partial charge is 0.407 e. The van der Waals surface area contributed by atoms with E-state index in [1.54, 1.807) is 0 Å². The van der Waals surface area contributed by atoms with E-state index in [0.717, 1.165) is 15.8 Å². The van der Waals surface area contributed by atoms with Crippen LogP contribution in [-0.4, -0.2) is 28.2 Å². The molecule has 0 radical (unpaired) electrons. The number of amides is 1. The van der Waals surface area contributed by atoms with Gasteiger partial charge >= 0.3 is 6.09 Å². The van der Waals surface area contributed by atoms with Crippen LogP contribution < -0.4 is 4.74 Å². The van der Waals surface area contributed by atoms with E-state index in [2.05, 4.69) is 15.9 Å². The minimum atomic E-state index is -0.919. The Labute approximate surface area is 108 Å². The van der Waals surface area contributed by atoms with Crippen molar-refractivity contribution in [1.82, 2.24) is 4.90 Å². The Hall–Kier alpha value is -1.23. The van der Waals surface area contributed by atoms with E-state index in [1.807, 2.05) is 32.0 Å². The van der Waals surface area contributed by atoms with Gasteiger partial charge in [0.25, 0.3) is 0 Å². The molecular formula is C12H14BrNO3. The van der Waals surface area contributed by atoms with Gasteiger partial charge < -0.3 is 9.84 Å². The number of fused-ring (bicyclic) bond motifs is 1. The average Bonchev–Trinajstić information content (AvgIpc) is 2.32. The first-order valence-corrected chi connectivity index (χ1v) is 6.12. The predicted molar refractivity (Wildman–Crippen MR) is 67.3 cm³/mol. The molecule has 0 fully saturated rings. The Bertz CT molecular complexity index is 459. The number of halogens is 1. The molecule has 0 atom stereocenters. The second-order valence-corrected chi connectivity index (χ2v) is 5.67. The fourth-order valence-electron chi connectivity index (χ4n) is 1.94. The van der Waals surface area contributed by atoms with Crippen LogP contribution >= 0.6 is 15.9 Å². The van der Waals surface area contributed by atoms with Crippen molar-refractivity contribution in [3.05, 3.63) is 28.2 Å². The maximum Gasteiger partial charge on any atom is 0.407 e. The standard InChI is InChI=1S/C12H14BrNO3/c1-12(2)7-14(11(15)16)6-8-3-4-9(13)5-10(8)17-12/h3-5H,6-7H2,1-2H3,(H,15,16). The minimum absolute atomic E-state index is 0.356. The lowest BCUT2D eigenvalue weighted by Gasteiger charge is -2.27. The number of rotatable bonds is 0. The molecule has 92 valence electrons. The van der Waals surface area contributed by atoms with E-state index in [0.29, 0.717) is 13.1 Å². The summed E-state index contributed by atoms with van der Waals surface area (Å²) in [5.74, 6) is 0.744. The van der Waals surface area contributed by atoms with Crippen molar-refractivity contribution < 1.29 is 14.6 Å². The summed E-state index contributed by atoms with van der Waals surface area (Å²) in [5, 5.41) is 9.14. The van der Waals surface area contributed by atoms with E-state index < -0.39 is 11.7 Å². The van der Waals surface area contributed by atoms with Gasteiger partial charge in [0, 0.05) is 10.0 Å². The maximum atomic E-state index is 11.1. The van der Waals surface area contributed by atoms with Crippen LogP contribution in [0.5, 0.6) is 5.75 Å². The van der Waals surface area contributed by atoms with Crippen molar-refractivity contribution in [2.45, 2.75) is 26.0 Å². The molecule has 4 nitrogen and oxygen atoms in total. The van der Waals surface area contributed by atoms with Crippen LogP contribution in [0.1, 0.15) is 19.4 Å². The normalized spacial score (nSPS) is 17.9. The van der Waals surface area contributed by atoms with Crippen LogP contribution in [0.3, 0.4) is 0 Å². The topological polar surface area (TPSA) is 49.8 Å². The molecule has 1 aromatic carbocycles. The zero-order valence-corrected chi connectivity index (χ0v) is 11.3. The predicted octanol–water partition coefficient (Wildman–Crippen LogP) is 3.10. The van der Waals surface area contributed by atoms with Crippen LogP contribution in [0.2, 0.25) is 0 Å². The molecule has 1 aliphatic heterocycles. The summed E-state index contributed by atoms with van der Waals surface area (Å²) in [7, 11) is 0. The summed E-state index contributed by atoms with van der Waals surface area (Å²) in [6, 6.07) is 5.65. The Morgan fingerprint density at radius 3 is 2.88 bits per heavy atom. The highest BCUT2D eigenvalue weighted by Crippen LogP contribution is 2.31. The lowest BCUT2D eigenvalue weighted by molar-refractivity contribution is 0.0671. The fourth-order valence-corrected chi connectivity index (χ4v) is 2.28. The third-order valence-electron chi connectivity index (χ3n) is 2.62. The summed E-state index contributed by atoms with van der Waals surface area (Å²) in [6.07, 6.45) is -0.919. The van der Waals surface area contributed by atoms with Crippen LogP contribution in [0.25, 0.3) is 0 Å². The number of ether oxygens (including phenoxy) is 1. The quantitative estimate of drug-likeness (QED) is 0.801. The third-order valence-corrected chi connectivity index (χ3v) is 3.11. The molecule has 1 N–H and O–H groups in total. The van der Waals surface area contributed by atoms with E-state index in [1.165, 1.54) is 4.90 Å². The van der Waals surface area contributed by atoms with Crippen molar-refractivity contribution in [2.24, 2.45) is 0 Å². The SMILES string of the molecule is CC1(C)CN(C(=O)O)Cc2ccc(Br)cc2O1. The average molecular weight is 300 g/mol. The lowest BCUT2D eigenvalue weighted by Crippen LogP contribution is -2.42. The van der Waals surface area contributed by atoms with Gasteiger partial charge in [-0.15, -0.1) is 0 Å². The van der Waals surface area contributed by atoms with Gasteiger partial charge in [0.15, 0.2) is 0 Å². The van der Waals surface area contributed by atoms with Gasteiger partial charge in [0.1, 0.15) is 11.4 Å². The van der Waals surface area contributed by atoms with Crippen LogP contribution in [0, 0.1) is 0 Å². The van der Waals surface area contributed by atoms with Crippen LogP contribution in [0.4, 0.5) is 4.79 Å². The van der Waals surface area contributed by atoms with Gasteiger partial charge in [0.2, 0.25) is 0 Å². The summed E-state index contributed by atoms with van der Waals surface area (Å²) in [5.41, 5.74) is 0.367. The third kappa shape index (κ3) is 2.72. The van der Waals surface area contributed by atoms with Gasteiger partial charge in [-0.25, -0.2) is 4.79 Å². The van der Waals surface area contributed by atoms with Crippen LogP contribution in [0.15, 0.2) is 22.7 Å². The molecule has 0 saturated carbocycles. The van der Waals surface area contributed by atoms with E-state index in [-0.39, 0.29) is 0 Å². The van der Waals surface area contributed by atoms with Gasteiger partial charge in [-0.05, 0) is 26.0 Å². The fraction of sp³-hybridized carbons (Fsp3) is 0.417. The second kappa shape index (κ2) is 4.22. The summed E-state index contributed by atoms with van der Waals surface area (Å²) < 4.78 is 6.80. The van der Waals surface area contributed by atoms with Crippen LogP contribution in [-0.2, 0) is 6.54 Å². The number of carboxylic acid groups (broad SMARTS) is 1. The summed E-state index contributed by atoms with van der Waals surface area (Å²) in [4.78, 5) is 12.5. The van der Waals surface area contributed by atoms with Crippen molar-refractivity contribution in [3.63, 3.8) is 0 Å². The van der Waals surface area contributed by atoms with Gasteiger partial charge in [-0.1, -0.05) is 22.0 Å². The largest absolute Gasteiger partial charge is 0.486 e. The molecule has 1 aliphatic rings. The molecule has 1 amide bonds. The maximum absolute atomic E-state index is 11.1. The molecule has 1 aromatic rings. The Kier molecular flexibility index (Phi) is 3.03. The van der Waals surface area contributed by atoms with Gasteiger partial charge in [0.05, 0.1) is 13.1 Å². The first-order valence-electron chi connectivity index (χ1n) is 5.33. The number of nitrogens with zero attached hydrogens (tertiary/aromatic N) is 1. The van der Waals surface area contributed by atoms with E-state index in [9.17, 15) is 4.79 Å². The zero-order chi connectivity index (χ0) is 12.6. The molecule has 5 heteroatoms. The molecule has 0 aromatic heterocycles. The molecule has 0 spiro atoms.